The number of benzene rings is 1. The van der Waals surface area contributed by atoms with Gasteiger partial charge >= 0.3 is 0 Å². The zero-order chi connectivity index (χ0) is 17.3. The molecule has 3 rings (SSSR count). The number of aromatic nitrogens is 2. The maximum absolute atomic E-state index is 4.59. The quantitative estimate of drug-likeness (QED) is 0.513. The van der Waals surface area contributed by atoms with Crippen LogP contribution in [-0.2, 0) is 6.42 Å². The van der Waals surface area contributed by atoms with E-state index in [-0.39, 0.29) is 0 Å². The third kappa shape index (κ3) is 5.39. The van der Waals surface area contributed by atoms with Crippen molar-refractivity contribution in [3.63, 3.8) is 0 Å². The van der Waals surface area contributed by atoms with Gasteiger partial charge in [0, 0.05) is 18.0 Å². The lowest BCUT2D eigenvalue weighted by atomic mass is 9.84. The van der Waals surface area contributed by atoms with Gasteiger partial charge in [-0.2, -0.15) is 0 Å². The topological polar surface area (TPSA) is 25.8 Å². The normalized spacial score (nSPS) is 15.4. The molecule has 25 heavy (non-hydrogen) atoms. The third-order valence-corrected chi connectivity index (χ3v) is 5.35. The van der Waals surface area contributed by atoms with Crippen LogP contribution in [0.15, 0.2) is 36.7 Å². The Kier molecular flexibility index (Phi) is 7.02. The van der Waals surface area contributed by atoms with Gasteiger partial charge in [0.2, 0.25) is 0 Å². The summed E-state index contributed by atoms with van der Waals surface area (Å²) in [5.41, 5.74) is 3.86. The van der Waals surface area contributed by atoms with Crippen molar-refractivity contribution >= 4 is 0 Å². The van der Waals surface area contributed by atoms with Crippen molar-refractivity contribution in [1.82, 2.24) is 9.97 Å². The van der Waals surface area contributed by atoms with E-state index in [1.165, 1.54) is 68.9 Å². The van der Waals surface area contributed by atoms with E-state index in [2.05, 4.69) is 47.6 Å². The third-order valence-electron chi connectivity index (χ3n) is 5.35. The van der Waals surface area contributed by atoms with Crippen molar-refractivity contribution in [3.8, 4) is 11.4 Å². The first kappa shape index (κ1) is 18.1. The van der Waals surface area contributed by atoms with Crippen molar-refractivity contribution in [2.45, 2.75) is 77.0 Å². The molecule has 1 radical (unpaired) electrons. The summed E-state index contributed by atoms with van der Waals surface area (Å²) in [7, 11) is 0. The molecule has 1 heterocycles. The van der Waals surface area contributed by atoms with E-state index in [9.17, 15) is 0 Å². The van der Waals surface area contributed by atoms with Crippen LogP contribution in [0.3, 0.4) is 0 Å². The molecule has 0 atom stereocenters. The molecule has 0 aliphatic heterocycles. The molecule has 1 aliphatic rings. The number of rotatable bonds is 8. The van der Waals surface area contributed by atoms with Crippen LogP contribution < -0.4 is 0 Å². The summed E-state index contributed by atoms with van der Waals surface area (Å²) in [6, 6.07) is 8.92. The highest BCUT2D eigenvalue weighted by Crippen LogP contribution is 2.32. The molecule has 2 heteroatoms. The number of aryl methyl sites for hydroxylation is 1. The van der Waals surface area contributed by atoms with E-state index in [0.717, 1.165) is 23.7 Å². The lowest BCUT2D eigenvalue weighted by Gasteiger charge is -2.21. The van der Waals surface area contributed by atoms with Gasteiger partial charge in [-0.15, -0.1) is 0 Å². The van der Waals surface area contributed by atoms with Gasteiger partial charge in [-0.25, -0.2) is 9.97 Å². The van der Waals surface area contributed by atoms with Gasteiger partial charge in [0.15, 0.2) is 5.82 Å². The van der Waals surface area contributed by atoms with Crippen LogP contribution in [0.5, 0.6) is 0 Å². The molecule has 2 nitrogen and oxygen atoms in total. The lowest BCUT2D eigenvalue weighted by molar-refractivity contribution is 0.512. The summed E-state index contributed by atoms with van der Waals surface area (Å²) in [6.07, 6.45) is 19.2. The maximum atomic E-state index is 4.59. The van der Waals surface area contributed by atoms with Crippen molar-refractivity contribution < 1.29 is 0 Å². The molecule has 0 unspecified atom stereocenters. The first-order valence-corrected chi connectivity index (χ1v) is 10.1. The average molecular weight is 336 g/mol. The summed E-state index contributed by atoms with van der Waals surface area (Å²) < 4.78 is 0. The molecule has 1 aromatic carbocycles. The molecule has 0 bridgehead atoms. The number of nitrogens with zero attached hydrogens (tertiary/aromatic N) is 2. The highest BCUT2D eigenvalue weighted by atomic mass is 14.9. The molecule has 1 aromatic heterocycles. The Hall–Kier alpha value is -1.70. The van der Waals surface area contributed by atoms with E-state index in [0.29, 0.717) is 0 Å². The number of hydrogen-bond donors (Lipinski definition) is 0. The summed E-state index contributed by atoms with van der Waals surface area (Å²) in [4.78, 5) is 9.18. The summed E-state index contributed by atoms with van der Waals surface area (Å²) >= 11 is 0. The minimum atomic E-state index is 0.732. The second-order valence-corrected chi connectivity index (χ2v) is 7.34. The predicted molar refractivity (Wildman–Crippen MR) is 105 cm³/mol. The van der Waals surface area contributed by atoms with Crippen LogP contribution in [0.2, 0.25) is 0 Å². The van der Waals surface area contributed by atoms with E-state index in [4.69, 9.17) is 0 Å². The Bertz CT molecular complexity index is 610. The Morgan fingerprint density at radius 3 is 2.24 bits per heavy atom. The Morgan fingerprint density at radius 1 is 0.880 bits per heavy atom. The molecule has 0 N–H and O–H groups in total. The number of hydrogen-bond acceptors (Lipinski definition) is 2. The molecular formula is C23H31N2. The monoisotopic (exact) mass is 335 g/mol. The SMILES string of the molecule is CCCCCCCc1cnc(-c2ccc(C3CC[CH]CC3)cc2)nc1. The van der Waals surface area contributed by atoms with Crippen LogP contribution >= 0.6 is 0 Å². The van der Waals surface area contributed by atoms with E-state index >= 15 is 0 Å². The molecule has 1 saturated carbocycles. The van der Waals surface area contributed by atoms with Gasteiger partial charge in [-0.05, 0) is 62.0 Å². The zero-order valence-electron chi connectivity index (χ0n) is 15.6. The van der Waals surface area contributed by atoms with Crippen LogP contribution in [0.1, 0.15) is 81.8 Å². The van der Waals surface area contributed by atoms with Crippen LogP contribution in [0.25, 0.3) is 11.4 Å². The first-order chi connectivity index (χ1) is 12.4. The van der Waals surface area contributed by atoms with Gasteiger partial charge in [-0.1, -0.05) is 56.9 Å². The first-order valence-electron chi connectivity index (χ1n) is 10.1. The fraction of sp³-hybridized carbons (Fsp3) is 0.522. The Labute approximate surface area is 153 Å². The van der Waals surface area contributed by atoms with Gasteiger partial charge in [0.25, 0.3) is 0 Å². The summed E-state index contributed by atoms with van der Waals surface area (Å²) in [5.74, 6) is 1.58. The van der Waals surface area contributed by atoms with Gasteiger partial charge in [0.1, 0.15) is 0 Å². The molecule has 1 aliphatic carbocycles. The van der Waals surface area contributed by atoms with Gasteiger partial charge in [-0.3, -0.25) is 0 Å². The van der Waals surface area contributed by atoms with E-state index < -0.39 is 0 Å². The standard InChI is InChI=1S/C23H31N2/c1-2-3-4-5-7-10-19-17-24-23(25-18-19)22-15-13-21(14-16-22)20-11-8-6-9-12-20/h6,13-18,20H,2-5,7-12H2,1H3. The Balaban J connectivity index is 1.54. The molecular weight excluding hydrogens is 304 g/mol. The highest BCUT2D eigenvalue weighted by Gasteiger charge is 2.15. The number of unbranched alkanes of at least 4 members (excludes halogenated alkanes) is 4. The van der Waals surface area contributed by atoms with Crippen LogP contribution in [-0.4, -0.2) is 9.97 Å². The van der Waals surface area contributed by atoms with Crippen molar-refractivity contribution in [1.29, 1.82) is 0 Å². The molecule has 0 amide bonds. The molecule has 0 saturated heterocycles. The van der Waals surface area contributed by atoms with Crippen molar-refractivity contribution in [2.75, 3.05) is 0 Å². The minimum Gasteiger partial charge on any atom is -0.236 e. The van der Waals surface area contributed by atoms with Gasteiger partial charge < -0.3 is 0 Å². The predicted octanol–water partition coefficient (Wildman–Crippen LogP) is 6.52. The second-order valence-electron chi connectivity index (χ2n) is 7.34. The van der Waals surface area contributed by atoms with Gasteiger partial charge in [0.05, 0.1) is 0 Å². The van der Waals surface area contributed by atoms with Crippen molar-refractivity contribution in [2.24, 2.45) is 0 Å². The molecule has 2 aromatic rings. The fourth-order valence-corrected chi connectivity index (χ4v) is 3.73. The Morgan fingerprint density at radius 2 is 1.56 bits per heavy atom. The smallest absolute Gasteiger partial charge is 0.159 e. The molecule has 133 valence electrons. The largest absolute Gasteiger partial charge is 0.236 e. The minimum absolute atomic E-state index is 0.732. The zero-order valence-corrected chi connectivity index (χ0v) is 15.6. The van der Waals surface area contributed by atoms with Crippen LogP contribution in [0.4, 0.5) is 0 Å². The molecule has 0 spiro atoms. The van der Waals surface area contributed by atoms with E-state index in [1.54, 1.807) is 0 Å². The summed E-state index contributed by atoms with van der Waals surface area (Å²) in [6.45, 7) is 2.26. The highest BCUT2D eigenvalue weighted by molar-refractivity contribution is 5.55. The fourth-order valence-electron chi connectivity index (χ4n) is 3.73. The lowest BCUT2D eigenvalue weighted by Crippen LogP contribution is -2.04. The van der Waals surface area contributed by atoms with Crippen LogP contribution in [0, 0.1) is 6.42 Å². The second kappa shape index (κ2) is 9.70. The molecule has 1 fully saturated rings. The van der Waals surface area contributed by atoms with E-state index in [1.807, 2.05) is 12.4 Å². The average Bonchev–Trinajstić information content (AvgIpc) is 2.69. The summed E-state index contributed by atoms with van der Waals surface area (Å²) in [5, 5.41) is 0. The maximum Gasteiger partial charge on any atom is 0.159 e. The van der Waals surface area contributed by atoms with Crippen molar-refractivity contribution in [3.05, 3.63) is 54.2 Å².